The van der Waals surface area contributed by atoms with E-state index in [0.29, 0.717) is 46.9 Å². The van der Waals surface area contributed by atoms with Gasteiger partial charge in [-0.1, -0.05) is 12.1 Å². The molecule has 0 bridgehead atoms. The zero-order valence-corrected chi connectivity index (χ0v) is 19.5. The van der Waals surface area contributed by atoms with Gasteiger partial charge in [0.15, 0.2) is 17.6 Å². The van der Waals surface area contributed by atoms with Crippen molar-refractivity contribution in [2.45, 2.75) is 11.0 Å². The molecule has 3 aromatic carbocycles. The van der Waals surface area contributed by atoms with Gasteiger partial charge < -0.3 is 24.3 Å². The van der Waals surface area contributed by atoms with Crippen molar-refractivity contribution >= 4 is 32.7 Å². The maximum atomic E-state index is 12.9. The number of nitrogens with one attached hydrogen (secondary N) is 3. The fraction of sp³-hybridized carbons (Fsp3) is 0.167. The maximum absolute atomic E-state index is 12.9. The molecule has 1 amide bonds. The predicted molar refractivity (Wildman–Crippen MR) is 129 cm³/mol. The molecule has 11 heteroatoms. The van der Waals surface area contributed by atoms with Gasteiger partial charge in [-0.2, -0.15) is 0 Å². The summed E-state index contributed by atoms with van der Waals surface area (Å²) in [6.45, 7) is 0.656. The van der Waals surface area contributed by atoms with Crippen LogP contribution in [0, 0.1) is 0 Å². The van der Waals surface area contributed by atoms with Crippen molar-refractivity contribution in [3.05, 3.63) is 82.8 Å². The van der Waals surface area contributed by atoms with Crippen molar-refractivity contribution in [3.8, 4) is 11.5 Å². The number of carbonyl (C=O) groups is 1. The number of likely N-dealkylation sites (N-methyl/N-ethyl adjacent to an activating group) is 1. The van der Waals surface area contributed by atoms with Crippen LogP contribution in [0.25, 0.3) is 11.0 Å². The second-order valence-electron chi connectivity index (χ2n) is 8.15. The number of hydrogen-bond donors (Lipinski definition) is 3. The monoisotopic (exact) mass is 494 g/mol. The molecule has 1 unspecified atom stereocenters. The van der Waals surface area contributed by atoms with Gasteiger partial charge in [0.2, 0.25) is 0 Å². The zero-order chi connectivity index (χ0) is 24.6. The number of rotatable bonds is 6. The highest BCUT2D eigenvalue weighted by Crippen LogP contribution is 2.31. The lowest BCUT2D eigenvalue weighted by Gasteiger charge is -2.29. The number of hydrogen-bond acceptors (Lipinski definition) is 6. The standard InChI is InChI=1S/C24H22N4O6S/c1-28(13-17-14-33-21-4-2-3-5-22(21)34-17)23(29)15-6-8-16(9-7-15)27-35(31,32)18-10-11-19-20(12-18)26-24(30)25-19/h2-12,17,27H,13-14H2,1H3,(H2,25,26,30). The molecule has 1 aliphatic rings. The second kappa shape index (κ2) is 8.84. The molecule has 2 heterocycles. The molecule has 5 rings (SSSR count). The minimum Gasteiger partial charge on any atom is -0.486 e. The van der Waals surface area contributed by atoms with E-state index in [1.807, 2.05) is 24.3 Å². The number of carbonyl (C=O) groups excluding carboxylic acids is 1. The van der Waals surface area contributed by atoms with Crippen LogP contribution in [0.1, 0.15) is 10.4 Å². The number of aromatic nitrogens is 2. The first-order valence-corrected chi connectivity index (χ1v) is 12.3. The highest BCUT2D eigenvalue weighted by molar-refractivity contribution is 7.92. The van der Waals surface area contributed by atoms with Crippen molar-refractivity contribution in [2.24, 2.45) is 0 Å². The molecule has 3 N–H and O–H groups in total. The van der Waals surface area contributed by atoms with Crippen LogP contribution in [0.3, 0.4) is 0 Å². The molecular formula is C24H22N4O6S. The molecule has 0 fully saturated rings. The lowest BCUT2D eigenvalue weighted by atomic mass is 10.2. The summed E-state index contributed by atoms with van der Waals surface area (Å²) in [4.78, 5) is 30.9. The molecule has 35 heavy (non-hydrogen) atoms. The van der Waals surface area contributed by atoms with Crippen LogP contribution in [-0.4, -0.2) is 55.5 Å². The van der Waals surface area contributed by atoms with Crippen LogP contribution in [-0.2, 0) is 10.0 Å². The molecule has 0 spiro atoms. The lowest BCUT2D eigenvalue weighted by molar-refractivity contribution is 0.0521. The third-order valence-electron chi connectivity index (χ3n) is 5.57. The first-order chi connectivity index (χ1) is 16.8. The summed E-state index contributed by atoms with van der Waals surface area (Å²) in [7, 11) is -2.23. The second-order valence-corrected chi connectivity index (χ2v) is 9.84. The van der Waals surface area contributed by atoms with Crippen LogP contribution >= 0.6 is 0 Å². The van der Waals surface area contributed by atoms with Gasteiger partial charge in [-0.05, 0) is 54.6 Å². The fourth-order valence-corrected chi connectivity index (χ4v) is 4.92. The minimum absolute atomic E-state index is 0.00332. The van der Waals surface area contributed by atoms with E-state index in [1.165, 1.54) is 35.2 Å². The minimum atomic E-state index is -3.90. The fourth-order valence-electron chi connectivity index (χ4n) is 3.84. The van der Waals surface area contributed by atoms with E-state index in [9.17, 15) is 18.0 Å². The normalized spacial score (nSPS) is 15.1. The number of aromatic amines is 2. The molecule has 10 nitrogen and oxygen atoms in total. The highest BCUT2D eigenvalue weighted by Gasteiger charge is 2.24. The van der Waals surface area contributed by atoms with Crippen LogP contribution in [0.2, 0.25) is 0 Å². The lowest BCUT2D eigenvalue weighted by Crippen LogP contribution is -2.41. The van der Waals surface area contributed by atoms with Crippen molar-refractivity contribution in [1.82, 2.24) is 14.9 Å². The number of para-hydroxylation sites is 2. The van der Waals surface area contributed by atoms with Gasteiger partial charge in [-0.3, -0.25) is 9.52 Å². The van der Waals surface area contributed by atoms with Crippen LogP contribution in [0.5, 0.6) is 11.5 Å². The predicted octanol–water partition coefficient (Wildman–Crippen LogP) is 2.57. The molecular weight excluding hydrogens is 472 g/mol. The van der Waals surface area contributed by atoms with Gasteiger partial charge in [-0.25, -0.2) is 13.2 Å². The Morgan fingerprint density at radius 3 is 2.51 bits per heavy atom. The summed E-state index contributed by atoms with van der Waals surface area (Å²) in [6, 6.07) is 17.8. The van der Waals surface area contributed by atoms with Crippen LogP contribution in [0.15, 0.2) is 76.4 Å². The van der Waals surface area contributed by atoms with E-state index >= 15 is 0 Å². The van der Waals surface area contributed by atoms with Crippen LogP contribution in [0.4, 0.5) is 5.69 Å². The number of benzene rings is 3. The van der Waals surface area contributed by atoms with E-state index in [1.54, 1.807) is 19.2 Å². The smallest absolute Gasteiger partial charge is 0.323 e. The number of sulfonamides is 1. The van der Waals surface area contributed by atoms with Crippen molar-refractivity contribution in [1.29, 1.82) is 0 Å². The highest BCUT2D eigenvalue weighted by atomic mass is 32.2. The zero-order valence-electron chi connectivity index (χ0n) is 18.6. The SMILES string of the molecule is CN(CC1COc2ccccc2O1)C(=O)c1ccc(NS(=O)(=O)c2ccc3[nH]c(=O)[nH]c3c2)cc1. The number of imidazole rings is 1. The van der Waals surface area contributed by atoms with Gasteiger partial charge in [0.1, 0.15) is 6.61 Å². The van der Waals surface area contributed by atoms with E-state index in [2.05, 4.69) is 14.7 Å². The molecule has 4 aromatic rings. The summed E-state index contributed by atoms with van der Waals surface area (Å²) < 4.78 is 39.6. The van der Waals surface area contributed by atoms with Gasteiger partial charge >= 0.3 is 5.69 Å². The van der Waals surface area contributed by atoms with Gasteiger partial charge in [0, 0.05) is 18.3 Å². The van der Waals surface area contributed by atoms with E-state index in [0.717, 1.165) is 0 Å². The Hall–Kier alpha value is -4.25. The number of ether oxygens (including phenoxy) is 2. The van der Waals surface area contributed by atoms with Crippen LogP contribution < -0.4 is 19.9 Å². The summed E-state index contributed by atoms with van der Waals surface area (Å²) in [6.07, 6.45) is -0.308. The Morgan fingerprint density at radius 1 is 1.03 bits per heavy atom. The van der Waals surface area contributed by atoms with Gasteiger partial charge in [-0.15, -0.1) is 0 Å². The largest absolute Gasteiger partial charge is 0.486 e. The Balaban J connectivity index is 1.24. The van der Waals surface area contributed by atoms with Crippen molar-refractivity contribution < 1.29 is 22.7 Å². The quantitative estimate of drug-likeness (QED) is 0.377. The molecule has 1 aliphatic heterocycles. The number of fused-ring (bicyclic) bond motifs is 2. The Bertz CT molecular complexity index is 1560. The molecule has 0 radical (unpaired) electrons. The summed E-state index contributed by atoms with van der Waals surface area (Å²) in [5.41, 5.74) is 1.18. The number of anilines is 1. The van der Waals surface area contributed by atoms with Crippen molar-refractivity contribution in [2.75, 3.05) is 24.9 Å². The molecule has 0 saturated heterocycles. The van der Waals surface area contributed by atoms with Crippen molar-refractivity contribution in [3.63, 3.8) is 0 Å². The number of amides is 1. The molecule has 1 atom stereocenters. The average molecular weight is 495 g/mol. The summed E-state index contributed by atoms with van der Waals surface area (Å²) >= 11 is 0. The molecule has 1 aromatic heterocycles. The first kappa shape index (κ1) is 22.5. The summed E-state index contributed by atoms with van der Waals surface area (Å²) in [5.74, 6) is 1.09. The van der Waals surface area contributed by atoms with Gasteiger partial charge in [0.25, 0.3) is 15.9 Å². The van der Waals surface area contributed by atoms with E-state index in [4.69, 9.17) is 9.47 Å². The van der Waals surface area contributed by atoms with Gasteiger partial charge in [0.05, 0.1) is 22.5 Å². The number of H-pyrrole nitrogens is 2. The Labute approximate surface area is 200 Å². The Morgan fingerprint density at radius 2 is 1.74 bits per heavy atom. The maximum Gasteiger partial charge on any atom is 0.323 e. The van der Waals surface area contributed by atoms with E-state index in [-0.39, 0.29) is 16.9 Å². The van der Waals surface area contributed by atoms with E-state index < -0.39 is 15.7 Å². The third-order valence-corrected chi connectivity index (χ3v) is 6.95. The molecule has 0 saturated carbocycles. The Kier molecular flexibility index (Phi) is 5.69. The summed E-state index contributed by atoms with van der Waals surface area (Å²) in [5, 5.41) is 0. The molecule has 180 valence electrons. The third kappa shape index (κ3) is 4.71. The number of nitrogens with zero attached hydrogens (tertiary/aromatic N) is 1. The molecule has 0 aliphatic carbocycles. The topological polar surface area (TPSA) is 134 Å². The first-order valence-electron chi connectivity index (χ1n) is 10.8. The average Bonchev–Trinajstić information content (AvgIpc) is 3.23.